The largest absolute Gasteiger partial charge is 0.547 e. The number of hydrazine groups is 1. The van der Waals surface area contributed by atoms with Crippen LogP contribution in [0, 0.1) is 27.3 Å². The number of rotatable bonds is 3. The van der Waals surface area contributed by atoms with E-state index in [0.29, 0.717) is 5.01 Å². The van der Waals surface area contributed by atoms with Gasteiger partial charge in [0.05, 0.1) is 28.3 Å². The number of carboxylic acids is 1. The van der Waals surface area contributed by atoms with Gasteiger partial charge in [-0.15, -0.1) is 0 Å². The molecule has 0 bridgehead atoms. The van der Waals surface area contributed by atoms with Crippen LogP contribution in [0.4, 0.5) is 23.2 Å². The minimum atomic E-state index is -5.61. The summed E-state index contributed by atoms with van der Waals surface area (Å²) in [6.07, 6.45) is -5.34. The zero-order valence-electron chi connectivity index (χ0n) is 11.3. The molecule has 24 heavy (non-hydrogen) atoms. The van der Waals surface area contributed by atoms with E-state index in [4.69, 9.17) is 5.26 Å². The number of carbonyl (C=O) groups is 1. The number of nitro groups is 1. The summed E-state index contributed by atoms with van der Waals surface area (Å²) in [4.78, 5) is 20.4. The maximum Gasteiger partial charge on any atom is 0.424 e. The standard InChI is InChI=1S/C12H6F4N4O4/c13-8-2-1-7(3-6(8)4-17)19-5-9(20(23)24)11(18-19,10(21)22)12(14,15)16/h1-3,5,18H,(H,21,22)/p-1. The average Bonchev–Trinajstić information content (AvgIpc) is 2.89. The molecule has 0 radical (unpaired) electrons. The molecule has 0 saturated heterocycles. The fourth-order valence-electron chi connectivity index (χ4n) is 2.04. The van der Waals surface area contributed by atoms with E-state index in [9.17, 15) is 37.6 Å². The summed E-state index contributed by atoms with van der Waals surface area (Å²) in [6, 6.07) is 3.86. The SMILES string of the molecule is N#Cc1cc(N2C=C([N+](=O)[O-])C(C(=O)[O-])(C(F)(F)F)N2)ccc1F. The van der Waals surface area contributed by atoms with Gasteiger partial charge < -0.3 is 9.90 Å². The lowest BCUT2D eigenvalue weighted by Crippen LogP contribution is -2.68. The highest BCUT2D eigenvalue weighted by atomic mass is 19.4. The summed E-state index contributed by atoms with van der Waals surface area (Å²) in [5.41, 5.74) is -5.27. The van der Waals surface area contributed by atoms with Gasteiger partial charge in [-0.2, -0.15) is 23.9 Å². The molecule has 1 aliphatic heterocycles. The second-order valence-electron chi connectivity index (χ2n) is 4.56. The number of nitriles is 1. The first-order chi connectivity index (χ1) is 11.0. The van der Waals surface area contributed by atoms with Crippen LogP contribution >= 0.6 is 0 Å². The quantitative estimate of drug-likeness (QED) is 0.471. The number of hydrogen-bond donors (Lipinski definition) is 1. The molecule has 126 valence electrons. The molecule has 1 heterocycles. The molecule has 0 aliphatic carbocycles. The number of hydrogen-bond acceptors (Lipinski definition) is 7. The van der Waals surface area contributed by atoms with Crippen LogP contribution in [0.2, 0.25) is 0 Å². The first-order valence-corrected chi connectivity index (χ1v) is 5.96. The number of anilines is 1. The molecule has 0 amide bonds. The van der Waals surface area contributed by atoms with Crippen LogP contribution in [0.25, 0.3) is 0 Å². The van der Waals surface area contributed by atoms with Crippen molar-refractivity contribution in [1.29, 1.82) is 5.26 Å². The Balaban J connectivity index is 2.60. The van der Waals surface area contributed by atoms with E-state index in [1.807, 2.05) is 0 Å². The summed E-state index contributed by atoms with van der Waals surface area (Å²) in [6.45, 7) is 0. The van der Waals surface area contributed by atoms with Crippen molar-refractivity contribution < 1.29 is 32.4 Å². The summed E-state index contributed by atoms with van der Waals surface area (Å²) in [7, 11) is 0. The van der Waals surface area contributed by atoms with Gasteiger partial charge in [0.25, 0.3) is 5.54 Å². The maximum absolute atomic E-state index is 13.3. The van der Waals surface area contributed by atoms with Crippen molar-refractivity contribution in [2.24, 2.45) is 0 Å². The normalized spacial score (nSPS) is 20.5. The molecule has 1 aromatic rings. The third-order valence-corrected chi connectivity index (χ3v) is 3.20. The topological polar surface area (TPSA) is 122 Å². The Morgan fingerprint density at radius 1 is 1.42 bits per heavy atom. The van der Waals surface area contributed by atoms with Gasteiger partial charge in [-0.1, -0.05) is 0 Å². The zero-order chi connectivity index (χ0) is 18.3. The van der Waals surface area contributed by atoms with Gasteiger partial charge in [0.1, 0.15) is 11.9 Å². The molecule has 0 spiro atoms. The Bertz CT molecular complexity index is 801. The lowest BCUT2D eigenvalue weighted by Gasteiger charge is -2.32. The van der Waals surface area contributed by atoms with Crippen molar-refractivity contribution in [1.82, 2.24) is 5.43 Å². The fraction of sp³-hybridized carbons (Fsp3) is 0.167. The van der Waals surface area contributed by atoms with Crippen LogP contribution < -0.4 is 15.5 Å². The predicted octanol–water partition coefficient (Wildman–Crippen LogP) is 0.191. The number of aliphatic carboxylic acids is 1. The van der Waals surface area contributed by atoms with E-state index in [-0.39, 0.29) is 11.9 Å². The van der Waals surface area contributed by atoms with Crippen LogP contribution in [-0.2, 0) is 4.79 Å². The van der Waals surface area contributed by atoms with E-state index in [0.717, 1.165) is 18.2 Å². The Kier molecular flexibility index (Phi) is 3.90. The van der Waals surface area contributed by atoms with E-state index < -0.39 is 39.7 Å². The molecule has 1 unspecified atom stereocenters. The van der Waals surface area contributed by atoms with Gasteiger partial charge in [-0.3, -0.25) is 15.1 Å². The van der Waals surface area contributed by atoms with Gasteiger partial charge >= 0.3 is 11.9 Å². The van der Waals surface area contributed by atoms with Gasteiger partial charge in [0, 0.05) is 0 Å². The van der Waals surface area contributed by atoms with E-state index in [1.54, 1.807) is 0 Å². The number of benzene rings is 1. The average molecular weight is 345 g/mol. The van der Waals surface area contributed by atoms with Crippen molar-refractivity contribution in [3.8, 4) is 6.07 Å². The third kappa shape index (κ3) is 2.40. The molecule has 2 rings (SSSR count). The van der Waals surface area contributed by atoms with Crippen molar-refractivity contribution in [3.63, 3.8) is 0 Å². The molecule has 1 aliphatic rings. The first kappa shape index (κ1) is 17.2. The van der Waals surface area contributed by atoms with Crippen LogP contribution in [-0.4, -0.2) is 22.6 Å². The Morgan fingerprint density at radius 2 is 2.04 bits per heavy atom. The second-order valence-corrected chi connectivity index (χ2v) is 4.56. The van der Waals surface area contributed by atoms with Crippen LogP contribution in [0.3, 0.4) is 0 Å². The van der Waals surface area contributed by atoms with E-state index in [1.165, 1.54) is 11.5 Å². The first-order valence-electron chi connectivity index (χ1n) is 5.96. The van der Waals surface area contributed by atoms with Gasteiger partial charge in [-0.05, 0) is 18.2 Å². The molecule has 0 aromatic heterocycles. The highest BCUT2D eigenvalue weighted by Gasteiger charge is 2.68. The highest BCUT2D eigenvalue weighted by Crippen LogP contribution is 2.40. The number of alkyl halides is 3. The fourth-order valence-corrected chi connectivity index (χ4v) is 2.04. The van der Waals surface area contributed by atoms with E-state index >= 15 is 0 Å². The molecule has 8 nitrogen and oxygen atoms in total. The molecule has 1 N–H and O–H groups in total. The van der Waals surface area contributed by atoms with Gasteiger partial charge in [0.2, 0.25) is 0 Å². The summed E-state index contributed by atoms with van der Waals surface area (Å²) >= 11 is 0. The number of nitrogens with one attached hydrogen (secondary N) is 1. The van der Waals surface area contributed by atoms with E-state index in [2.05, 4.69) is 0 Å². The highest BCUT2D eigenvalue weighted by molar-refractivity contribution is 5.84. The maximum atomic E-state index is 13.3. The molecule has 12 heteroatoms. The Labute approximate surface area is 130 Å². The summed E-state index contributed by atoms with van der Waals surface area (Å²) in [5, 5.41) is 31.0. The molecular weight excluding hydrogens is 340 g/mol. The Morgan fingerprint density at radius 3 is 2.46 bits per heavy atom. The smallest absolute Gasteiger partial charge is 0.424 e. The lowest BCUT2D eigenvalue weighted by atomic mass is 9.97. The minimum absolute atomic E-state index is 0.275. The number of carboxylic acid groups (broad SMARTS) is 1. The molecule has 1 atom stereocenters. The van der Waals surface area contributed by atoms with Crippen molar-refractivity contribution >= 4 is 11.7 Å². The monoisotopic (exact) mass is 345 g/mol. The van der Waals surface area contributed by atoms with Crippen molar-refractivity contribution in [2.45, 2.75) is 11.7 Å². The number of carbonyl (C=O) groups excluding carboxylic acids is 1. The Hall–Kier alpha value is -3.20. The second kappa shape index (κ2) is 5.46. The van der Waals surface area contributed by atoms with Crippen molar-refractivity contribution in [2.75, 3.05) is 5.01 Å². The van der Waals surface area contributed by atoms with Gasteiger partial charge in [0.15, 0.2) is 0 Å². The summed E-state index contributed by atoms with van der Waals surface area (Å²) < 4.78 is 52.9. The van der Waals surface area contributed by atoms with Gasteiger partial charge in [-0.25, -0.2) is 4.39 Å². The molecule has 0 fully saturated rings. The number of halogens is 4. The third-order valence-electron chi connectivity index (χ3n) is 3.20. The molecular formula is C12H5F4N4O4-. The minimum Gasteiger partial charge on any atom is -0.547 e. The van der Waals surface area contributed by atoms with Crippen LogP contribution in [0.15, 0.2) is 30.1 Å². The van der Waals surface area contributed by atoms with Crippen LogP contribution in [0.5, 0.6) is 0 Å². The molecule has 0 saturated carbocycles. The summed E-state index contributed by atoms with van der Waals surface area (Å²) in [5.74, 6) is -3.76. The predicted molar refractivity (Wildman–Crippen MR) is 65.6 cm³/mol. The lowest BCUT2D eigenvalue weighted by molar-refractivity contribution is -0.447. The number of nitrogens with zero attached hydrogens (tertiary/aromatic N) is 3. The molecule has 1 aromatic carbocycles. The van der Waals surface area contributed by atoms with Crippen molar-refractivity contribution in [3.05, 3.63) is 51.6 Å². The zero-order valence-corrected chi connectivity index (χ0v) is 11.3. The van der Waals surface area contributed by atoms with Crippen LogP contribution in [0.1, 0.15) is 5.56 Å².